The van der Waals surface area contributed by atoms with Gasteiger partial charge in [-0.2, -0.15) is 13.2 Å². The number of fused-ring (bicyclic) bond motifs is 1. The number of carbonyl (C=O) groups excluding carboxylic acids is 12. The Bertz CT molecular complexity index is 3430. The van der Waals surface area contributed by atoms with Crippen LogP contribution in [0, 0.1) is 24.7 Å². The highest BCUT2D eigenvalue weighted by atomic mass is 35.5. The minimum atomic E-state index is -4.78. The number of hydrogen-bond donors (Lipinski definition) is 3. The van der Waals surface area contributed by atoms with Crippen LogP contribution in [0.4, 0.5) is 13.2 Å². The molecule has 2 heterocycles. The number of benzene rings is 2. The molecule has 0 radical (unpaired) electrons. The van der Waals surface area contributed by atoms with Gasteiger partial charge in [-0.05, 0) is 119 Å². The van der Waals surface area contributed by atoms with Crippen LogP contribution in [0.2, 0.25) is 5.02 Å². The van der Waals surface area contributed by atoms with Gasteiger partial charge in [-0.1, -0.05) is 119 Å². The molecule has 2 aliphatic carbocycles. The fourth-order valence-electron chi connectivity index (χ4n) is 14.6. The van der Waals surface area contributed by atoms with Gasteiger partial charge in [-0.3, -0.25) is 57.5 Å². The van der Waals surface area contributed by atoms with Gasteiger partial charge in [0.25, 0.3) is 0 Å². The van der Waals surface area contributed by atoms with Crippen molar-refractivity contribution in [3.8, 4) is 0 Å². The van der Waals surface area contributed by atoms with Crippen molar-refractivity contribution >= 4 is 82.5 Å². The molecular formula is C76H110ClF3N12O12. The first-order valence-corrected chi connectivity index (χ1v) is 36.8. The maximum atomic E-state index is 15.6. The molecule has 28 heteroatoms. The predicted octanol–water partition coefficient (Wildman–Crippen LogP) is 6.58. The first-order valence-electron chi connectivity index (χ1n) is 36.4. The lowest BCUT2D eigenvalue weighted by Gasteiger charge is -2.42. The normalized spacial score (nSPS) is 24.1. The number of hydrogen-bond acceptors (Lipinski definition) is 12. The number of nitrogens with zero attached hydrogens (tertiary/aromatic N) is 9. The highest BCUT2D eigenvalue weighted by Gasteiger charge is 2.51. The highest BCUT2D eigenvalue weighted by Crippen LogP contribution is 2.38. The summed E-state index contributed by atoms with van der Waals surface area (Å²) in [5.74, 6) is -9.45. The molecule has 2 aromatic rings. The minimum Gasteiger partial charge on any atom is -0.347 e. The fourth-order valence-corrected chi connectivity index (χ4v) is 15.0. The molecule has 0 bridgehead atoms. The molecule has 2 saturated carbocycles. The van der Waals surface area contributed by atoms with Crippen LogP contribution in [-0.2, 0) is 76.6 Å². The largest absolute Gasteiger partial charge is 0.417 e. The van der Waals surface area contributed by atoms with Crippen molar-refractivity contribution in [1.82, 2.24) is 60.0 Å². The van der Waals surface area contributed by atoms with Crippen LogP contribution in [0.3, 0.4) is 0 Å². The molecule has 2 unspecified atom stereocenters. The number of alkyl halides is 3. The average molecular weight is 1480 g/mol. The zero-order valence-corrected chi connectivity index (χ0v) is 63.5. The summed E-state index contributed by atoms with van der Waals surface area (Å²) < 4.78 is 41.8. The van der Waals surface area contributed by atoms with Gasteiger partial charge >= 0.3 is 6.18 Å². The SMILES string of the molecule is C=CCCN1CC(=O)N(CCC=C)[C@@H](Cc2ccc(C)cc2)C(=O)N(C)CC(=O)N[C@@H](CCc2ccc(C(F)(F)F)c(Cl)c2)C(=O)N2CCCC2C(=O)NC2(CCCC2)C(=O)N(C)[C@@H](C2CCCC2)C(=O)N(C)[C@H](C(=O)N(C)C)CC(=O)N(C)[C@@H](CC(C)C)C(=O)NC([C@@H](C)CC)C(=O)N(C)CC1=O. The minimum absolute atomic E-state index is 0.00926. The molecule has 24 nitrogen and oxygen atoms in total. The second kappa shape index (κ2) is 38.1. The first kappa shape index (κ1) is 84.6. The summed E-state index contributed by atoms with van der Waals surface area (Å²) in [6, 6.07) is 1.21. The molecule has 2 saturated heterocycles. The molecule has 2 aromatic carbocycles. The van der Waals surface area contributed by atoms with Crippen molar-refractivity contribution < 1.29 is 70.7 Å². The first-order chi connectivity index (χ1) is 49.0. The third-order valence-electron chi connectivity index (χ3n) is 21.0. The van der Waals surface area contributed by atoms with E-state index in [-0.39, 0.29) is 88.9 Å². The molecule has 4 fully saturated rings. The highest BCUT2D eigenvalue weighted by molar-refractivity contribution is 6.31. The molecule has 4 aliphatic rings. The van der Waals surface area contributed by atoms with Crippen LogP contribution in [-0.4, -0.2) is 251 Å². The second-order valence-corrected chi connectivity index (χ2v) is 29.8. The lowest BCUT2D eigenvalue weighted by Crippen LogP contribution is -2.65. The van der Waals surface area contributed by atoms with Gasteiger partial charge in [-0.25, -0.2) is 0 Å². The molecule has 0 aromatic heterocycles. The summed E-state index contributed by atoms with van der Waals surface area (Å²) in [6.07, 6.45) is 2.36. The van der Waals surface area contributed by atoms with Crippen molar-refractivity contribution in [2.45, 2.75) is 204 Å². The average Bonchev–Trinajstić information content (AvgIpc) is 1.55. The van der Waals surface area contributed by atoms with E-state index in [4.69, 9.17) is 11.6 Å². The van der Waals surface area contributed by atoms with Gasteiger partial charge in [0.1, 0.15) is 47.8 Å². The summed E-state index contributed by atoms with van der Waals surface area (Å²) in [5, 5.41) is 8.12. The lowest BCUT2D eigenvalue weighted by molar-refractivity contribution is -0.156. The molecular weight excluding hydrogens is 1370 g/mol. The van der Waals surface area contributed by atoms with Crippen LogP contribution >= 0.6 is 11.6 Å². The smallest absolute Gasteiger partial charge is 0.347 e. The third kappa shape index (κ3) is 21.7. The van der Waals surface area contributed by atoms with E-state index < -0.39 is 173 Å². The monoisotopic (exact) mass is 1470 g/mol. The number of rotatable bonds is 17. The Hall–Kier alpha value is -8.36. The van der Waals surface area contributed by atoms with Gasteiger partial charge < -0.3 is 60.0 Å². The van der Waals surface area contributed by atoms with E-state index >= 15 is 28.8 Å². The number of halogens is 4. The van der Waals surface area contributed by atoms with Gasteiger partial charge in [0.05, 0.1) is 36.6 Å². The van der Waals surface area contributed by atoms with Gasteiger partial charge in [0.2, 0.25) is 70.9 Å². The van der Waals surface area contributed by atoms with Crippen molar-refractivity contribution in [2.75, 3.05) is 88.6 Å². The fraction of sp³-hybridized carbons (Fsp3) is 0.632. The summed E-state index contributed by atoms with van der Waals surface area (Å²) in [5.41, 5.74) is -0.871. The number of nitrogens with one attached hydrogen (secondary N) is 3. The van der Waals surface area contributed by atoms with Crippen LogP contribution < -0.4 is 16.0 Å². The van der Waals surface area contributed by atoms with E-state index in [1.165, 1.54) is 89.7 Å². The van der Waals surface area contributed by atoms with Crippen LogP contribution in [0.1, 0.15) is 153 Å². The van der Waals surface area contributed by atoms with E-state index in [0.29, 0.717) is 44.1 Å². The van der Waals surface area contributed by atoms with Gasteiger partial charge in [-0.15, -0.1) is 13.2 Å². The summed E-state index contributed by atoms with van der Waals surface area (Å²) in [6.45, 7) is 14.8. The Morgan fingerprint density at radius 1 is 0.702 bits per heavy atom. The molecule has 6 rings (SSSR count). The Balaban J connectivity index is 1.49. The number of carbonyl (C=O) groups is 12. The van der Waals surface area contributed by atoms with Crippen LogP contribution in [0.15, 0.2) is 67.8 Å². The van der Waals surface area contributed by atoms with E-state index in [2.05, 4.69) is 29.1 Å². The second-order valence-electron chi connectivity index (χ2n) is 29.4. The molecule has 574 valence electrons. The maximum Gasteiger partial charge on any atom is 0.417 e. The van der Waals surface area contributed by atoms with Crippen molar-refractivity contribution in [3.63, 3.8) is 0 Å². The van der Waals surface area contributed by atoms with Crippen molar-refractivity contribution in [2.24, 2.45) is 17.8 Å². The third-order valence-corrected chi connectivity index (χ3v) is 21.3. The number of amides is 12. The molecule has 104 heavy (non-hydrogen) atoms. The van der Waals surface area contributed by atoms with Crippen molar-refractivity contribution in [1.29, 1.82) is 0 Å². The van der Waals surface area contributed by atoms with E-state index in [0.717, 1.165) is 40.3 Å². The molecule has 12 amide bonds. The zero-order valence-electron chi connectivity index (χ0n) is 62.8. The molecule has 8 atom stereocenters. The molecule has 2 aliphatic heterocycles. The van der Waals surface area contributed by atoms with Crippen LogP contribution in [0.5, 0.6) is 0 Å². The molecule has 1 spiro atoms. The Morgan fingerprint density at radius 2 is 1.32 bits per heavy atom. The Labute approximate surface area is 616 Å². The number of aryl methyl sites for hydroxylation is 2. The Morgan fingerprint density at radius 3 is 1.90 bits per heavy atom. The van der Waals surface area contributed by atoms with Gasteiger partial charge in [0, 0.05) is 75.4 Å². The zero-order chi connectivity index (χ0) is 77.2. The topological polar surface area (TPSA) is 270 Å². The number of likely N-dealkylation sites (N-methyl/N-ethyl adjacent to an activating group) is 6. The summed E-state index contributed by atoms with van der Waals surface area (Å²) in [4.78, 5) is 192. The molecule has 3 N–H and O–H groups in total. The van der Waals surface area contributed by atoms with E-state index in [1.807, 2.05) is 39.8 Å². The maximum absolute atomic E-state index is 15.6. The van der Waals surface area contributed by atoms with Gasteiger partial charge in [0.15, 0.2) is 0 Å². The summed E-state index contributed by atoms with van der Waals surface area (Å²) >= 11 is 6.18. The lowest BCUT2D eigenvalue weighted by atomic mass is 9.90. The predicted molar refractivity (Wildman–Crippen MR) is 388 cm³/mol. The van der Waals surface area contributed by atoms with Crippen LogP contribution in [0.25, 0.3) is 0 Å². The quantitative estimate of drug-likeness (QED) is 0.142. The van der Waals surface area contributed by atoms with Crippen molar-refractivity contribution in [3.05, 3.63) is 95.1 Å². The van der Waals surface area contributed by atoms with E-state index in [1.54, 1.807) is 31.2 Å². The van der Waals surface area contributed by atoms with E-state index in [9.17, 15) is 41.9 Å². The standard InChI is InChI=1S/C76H110ClF3N12O12/c1-15-18-38-90-47-64(96)91(39-19-16-2)60(43-52-30-28-49(6)29-31-52)71(101)85(10)45-61(93)81-56(35-33-51-32-34-54(55(77)42-51)76(78,79)80)69(99)92-40-24-27-57(92)68(98)83-75(36-22-23-37-75)74(104)89(14)66(53-25-20-21-26-53)73(103)88(13)59(70(100)84(8)9)44-62(94)87(12)58(41-48(4)5)67(97)82-65(50(7)17-3)72(102)86(11)46-63(90)95/h15-16,28-32,34,42,48,50,53,56-60,65-66H,1-2,17-27,33,35-41,43-47H2,3-14H3,(H,81,93)(H,82,97)(H,83,98)/t50-,56-,57?,58-,59-,60-,65?,66-/m0/s1. The Kier molecular flexibility index (Phi) is 31.0. The summed E-state index contributed by atoms with van der Waals surface area (Å²) in [7, 11) is 9.96.